The second-order valence-corrected chi connectivity index (χ2v) is 2.78. The zero-order valence-corrected chi connectivity index (χ0v) is 6.18. The molecule has 0 fully saturated rings. The van der Waals surface area contributed by atoms with Gasteiger partial charge in [-0.2, -0.15) is 0 Å². The summed E-state index contributed by atoms with van der Waals surface area (Å²) < 4.78 is 12.7. The molecule has 1 heteroatoms. The van der Waals surface area contributed by atoms with Gasteiger partial charge in [-0.3, -0.25) is 0 Å². The van der Waals surface area contributed by atoms with Gasteiger partial charge in [-0.15, -0.1) is 0 Å². The van der Waals surface area contributed by atoms with Crippen LogP contribution in [0.2, 0.25) is 0 Å². The SMILES string of the molecule is Fc1cccc(C2=CCC2)c1. The normalized spacial score (nSPS) is 15.5. The molecule has 0 radical (unpaired) electrons. The van der Waals surface area contributed by atoms with Crippen LogP contribution in [0.25, 0.3) is 5.57 Å². The molecule has 0 saturated carbocycles. The van der Waals surface area contributed by atoms with Crippen molar-refractivity contribution in [2.45, 2.75) is 12.8 Å². The van der Waals surface area contributed by atoms with E-state index in [2.05, 4.69) is 6.08 Å². The van der Waals surface area contributed by atoms with Gasteiger partial charge in [0, 0.05) is 0 Å². The van der Waals surface area contributed by atoms with Gasteiger partial charge in [0.2, 0.25) is 0 Å². The number of hydrogen-bond donors (Lipinski definition) is 0. The maximum Gasteiger partial charge on any atom is 0.123 e. The summed E-state index contributed by atoms with van der Waals surface area (Å²) in [4.78, 5) is 0. The van der Waals surface area contributed by atoms with Crippen molar-refractivity contribution >= 4 is 5.57 Å². The molecule has 1 aliphatic rings. The summed E-state index contributed by atoms with van der Waals surface area (Å²) in [6.45, 7) is 0. The first-order valence-electron chi connectivity index (χ1n) is 3.81. The molecule has 0 bridgehead atoms. The van der Waals surface area contributed by atoms with Gasteiger partial charge in [-0.05, 0) is 36.1 Å². The first kappa shape index (κ1) is 6.59. The molecule has 1 aliphatic carbocycles. The van der Waals surface area contributed by atoms with E-state index in [-0.39, 0.29) is 5.82 Å². The lowest BCUT2D eigenvalue weighted by Gasteiger charge is -2.13. The third-order valence-corrected chi connectivity index (χ3v) is 2.00. The minimum absolute atomic E-state index is 0.143. The Hall–Kier alpha value is -1.11. The van der Waals surface area contributed by atoms with Crippen molar-refractivity contribution in [2.75, 3.05) is 0 Å². The van der Waals surface area contributed by atoms with Gasteiger partial charge < -0.3 is 0 Å². The van der Waals surface area contributed by atoms with Crippen LogP contribution < -0.4 is 0 Å². The largest absolute Gasteiger partial charge is 0.207 e. The van der Waals surface area contributed by atoms with E-state index in [4.69, 9.17) is 0 Å². The maximum atomic E-state index is 12.7. The summed E-state index contributed by atoms with van der Waals surface area (Å²) in [7, 11) is 0. The molecule has 0 spiro atoms. The summed E-state index contributed by atoms with van der Waals surface area (Å²) in [5.41, 5.74) is 2.32. The molecule has 0 nitrogen and oxygen atoms in total. The molecule has 0 heterocycles. The van der Waals surface area contributed by atoms with Crippen molar-refractivity contribution in [3.8, 4) is 0 Å². The van der Waals surface area contributed by atoms with E-state index in [9.17, 15) is 4.39 Å². The Labute approximate surface area is 65.4 Å². The third-order valence-electron chi connectivity index (χ3n) is 2.00. The number of halogens is 1. The quantitative estimate of drug-likeness (QED) is 0.574. The fourth-order valence-corrected chi connectivity index (χ4v) is 1.24. The first-order valence-corrected chi connectivity index (χ1v) is 3.81. The number of rotatable bonds is 1. The van der Waals surface area contributed by atoms with Crippen molar-refractivity contribution < 1.29 is 4.39 Å². The summed E-state index contributed by atoms with van der Waals surface area (Å²) in [6.07, 6.45) is 4.39. The summed E-state index contributed by atoms with van der Waals surface area (Å²) in [5, 5.41) is 0. The highest BCUT2D eigenvalue weighted by Gasteiger charge is 2.07. The minimum atomic E-state index is -0.143. The van der Waals surface area contributed by atoms with E-state index in [1.54, 1.807) is 12.1 Å². The lowest BCUT2D eigenvalue weighted by molar-refractivity contribution is 0.627. The molecule has 0 atom stereocenters. The van der Waals surface area contributed by atoms with Crippen LogP contribution in [0, 0.1) is 5.82 Å². The predicted molar refractivity (Wildman–Crippen MR) is 43.6 cm³/mol. The highest BCUT2D eigenvalue weighted by atomic mass is 19.1. The molecular weight excluding hydrogens is 139 g/mol. The molecular formula is C10H9F. The third kappa shape index (κ3) is 1.18. The molecule has 2 rings (SSSR count). The second kappa shape index (κ2) is 2.50. The summed E-state index contributed by atoms with van der Waals surface area (Å²) >= 11 is 0. The smallest absolute Gasteiger partial charge is 0.123 e. The highest BCUT2D eigenvalue weighted by molar-refractivity contribution is 5.69. The first-order chi connectivity index (χ1) is 5.36. The van der Waals surface area contributed by atoms with E-state index < -0.39 is 0 Å². The fourth-order valence-electron chi connectivity index (χ4n) is 1.24. The van der Waals surface area contributed by atoms with Crippen LogP contribution >= 0.6 is 0 Å². The van der Waals surface area contributed by atoms with Crippen LogP contribution in [-0.2, 0) is 0 Å². The topological polar surface area (TPSA) is 0 Å². The monoisotopic (exact) mass is 148 g/mol. The van der Waals surface area contributed by atoms with Gasteiger partial charge in [0.25, 0.3) is 0 Å². The Kier molecular flexibility index (Phi) is 1.50. The molecule has 1 aromatic carbocycles. The van der Waals surface area contributed by atoms with Crippen molar-refractivity contribution in [1.82, 2.24) is 0 Å². The average molecular weight is 148 g/mol. The second-order valence-electron chi connectivity index (χ2n) is 2.78. The molecule has 56 valence electrons. The molecule has 11 heavy (non-hydrogen) atoms. The molecule has 0 saturated heterocycles. The number of allylic oxidation sites excluding steroid dienone is 2. The van der Waals surface area contributed by atoms with Crippen LogP contribution in [0.15, 0.2) is 30.3 Å². The van der Waals surface area contributed by atoms with Gasteiger partial charge >= 0.3 is 0 Å². The lowest BCUT2D eigenvalue weighted by atomic mass is 9.92. The Morgan fingerprint density at radius 2 is 2.09 bits per heavy atom. The minimum Gasteiger partial charge on any atom is -0.207 e. The van der Waals surface area contributed by atoms with Crippen molar-refractivity contribution in [1.29, 1.82) is 0 Å². The summed E-state index contributed by atoms with van der Waals surface area (Å²) in [5.74, 6) is -0.143. The van der Waals surface area contributed by atoms with Crippen LogP contribution in [0.5, 0.6) is 0 Å². The van der Waals surface area contributed by atoms with E-state index in [1.165, 1.54) is 11.6 Å². The summed E-state index contributed by atoms with van der Waals surface area (Å²) in [6, 6.07) is 6.77. The number of benzene rings is 1. The standard InChI is InChI=1S/C10H9F/c11-10-6-2-5-9(7-10)8-3-1-4-8/h2-3,5-7H,1,4H2. The van der Waals surface area contributed by atoms with E-state index in [0.717, 1.165) is 18.4 Å². The number of hydrogen-bond acceptors (Lipinski definition) is 0. The van der Waals surface area contributed by atoms with Gasteiger partial charge in [-0.25, -0.2) is 4.39 Å². The molecule has 1 aromatic rings. The van der Waals surface area contributed by atoms with Crippen LogP contribution in [-0.4, -0.2) is 0 Å². The van der Waals surface area contributed by atoms with Crippen LogP contribution in [0.4, 0.5) is 4.39 Å². The van der Waals surface area contributed by atoms with Gasteiger partial charge in [0.1, 0.15) is 5.82 Å². The Bertz CT molecular complexity index is 299. The highest BCUT2D eigenvalue weighted by Crippen LogP contribution is 2.28. The Balaban J connectivity index is 2.38. The van der Waals surface area contributed by atoms with Gasteiger partial charge in [0.15, 0.2) is 0 Å². The molecule has 0 aromatic heterocycles. The maximum absolute atomic E-state index is 12.7. The molecule has 0 aliphatic heterocycles. The Morgan fingerprint density at radius 3 is 2.64 bits per heavy atom. The molecule has 0 amide bonds. The van der Waals surface area contributed by atoms with E-state index in [0.29, 0.717) is 0 Å². The lowest BCUT2D eigenvalue weighted by Crippen LogP contribution is -1.93. The zero-order valence-electron chi connectivity index (χ0n) is 6.18. The molecule has 0 N–H and O–H groups in total. The zero-order chi connectivity index (χ0) is 7.68. The van der Waals surface area contributed by atoms with Gasteiger partial charge in [-0.1, -0.05) is 18.2 Å². The van der Waals surface area contributed by atoms with Crippen LogP contribution in [0.3, 0.4) is 0 Å². The molecule has 0 unspecified atom stereocenters. The van der Waals surface area contributed by atoms with E-state index in [1.807, 2.05) is 6.07 Å². The van der Waals surface area contributed by atoms with Crippen molar-refractivity contribution in [2.24, 2.45) is 0 Å². The van der Waals surface area contributed by atoms with Crippen LogP contribution in [0.1, 0.15) is 18.4 Å². The average Bonchev–Trinajstić information content (AvgIpc) is 1.83. The van der Waals surface area contributed by atoms with Gasteiger partial charge in [0.05, 0.1) is 0 Å². The van der Waals surface area contributed by atoms with Crippen molar-refractivity contribution in [3.63, 3.8) is 0 Å². The van der Waals surface area contributed by atoms with E-state index >= 15 is 0 Å². The predicted octanol–water partition coefficient (Wildman–Crippen LogP) is 3.00. The Morgan fingerprint density at radius 1 is 1.27 bits per heavy atom. The fraction of sp³-hybridized carbons (Fsp3) is 0.200. The van der Waals surface area contributed by atoms with Crippen molar-refractivity contribution in [3.05, 3.63) is 41.7 Å².